The maximum Gasteiger partial charge on any atom is 0.262 e. The maximum atomic E-state index is 12.9. The Balaban J connectivity index is 1.52. The molecule has 3 aromatic carbocycles. The summed E-state index contributed by atoms with van der Waals surface area (Å²) in [5, 5.41) is 1.62. The van der Waals surface area contributed by atoms with Crippen LogP contribution in [0.2, 0.25) is 0 Å². The molecule has 146 valence electrons. The summed E-state index contributed by atoms with van der Waals surface area (Å²) in [6.45, 7) is 1.89. The van der Waals surface area contributed by atoms with E-state index in [2.05, 4.69) is 9.62 Å². The van der Waals surface area contributed by atoms with Crippen LogP contribution < -0.4 is 9.62 Å². The zero-order chi connectivity index (χ0) is 19.6. The third-order valence-corrected chi connectivity index (χ3v) is 6.74. The summed E-state index contributed by atoms with van der Waals surface area (Å²) in [4.78, 5) is 2.59. The van der Waals surface area contributed by atoms with Crippen molar-refractivity contribution >= 4 is 32.2 Å². The van der Waals surface area contributed by atoms with Crippen LogP contribution in [0.3, 0.4) is 0 Å². The van der Waals surface area contributed by atoms with E-state index in [9.17, 15) is 8.42 Å². The van der Waals surface area contributed by atoms with Gasteiger partial charge in [-0.1, -0.05) is 36.4 Å². The molecule has 0 saturated carbocycles. The molecule has 3 aromatic rings. The van der Waals surface area contributed by atoms with Crippen LogP contribution in [0.5, 0.6) is 0 Å². The van der Waals surface area contributed by atoms with Crippen molar-refractivity contribution in [2.24, 2.45) is 0 Å². The number of sulfonamides is 1. The van der Waals surface area contributed by atoms with Gasteiger partial charge in [-0.05, 0) is 48.6 Å². The highest BCUT2D eigenvalue weighted by Crippen LogP contribution is 2.27. The Kier molecular flexibility index (Phi) is 5.24. The number of fused-ring (bicyclic) bond motifs is 1. The zero-order valence-corrected chi connectivity index (χ0v) is 16.7. The summed E-state index contributed by atoms with van der Waals surface area (Å²) in [7, 11) is -1.91. The van der Waals surface area contributed by atoms with E-state index in [1.165, 1.54) is 0 Å². The van der Waals surface area contributed by atoms with E-state index >= 15 is 0 Å². The molecule has 1 heterocycles. The van der Waals surface area contributed by atoms with Crippen molar-refractivity contribution in [1.82, 2.24) is 0 Å². The summed E-state index contributed by atoms with van der Waals surface area (Å²) in [5.74, 6) is 0. The second-order valence-corrected chi connectivity index (χ2v) is 8.70. The number of hydrogen-bond acceptors (Lipinski definition) is 4. The lowest BCUT2D eigenvalue weighted by molar-refractivity contribution is 0.0819. The number of benzene rings is 3. The predicted molar refractivity (Wildman–Crippen MR) is 113 cm³/mol. The van der Waals surface area contributed by atoms with Gasteiger partial charge in [0.25, 0.3) is 10.0 Å². The number of nitrogens with one attached hydrogen (secondary N) is 1. The van der Waals surface area contributed by atoms with Crippen LogP contribution in [0.25, 0.3) is 10.8 Å². The molecule has 0 bridgehead atoms. The Bertz CT molecular complexity index is 1050. The number of nitrogens with zero attached hydrogens (tertiary/aromatic N) is 1. The van der Waals surface area contributed by atoms with Gasteiger partial charge in [-0.25, -0.2) is 8.42 Å². The first kappa shape index (κ1) is 18.8. The number of rotatable bonds is 5. The Morgan fingerprint density at radius 1 is 0.929 bits per heavy atom. The van der Waals surface area contributed by atoms with E-state index in [4.69, 9.17) is 4.74 Å². The van der Waals surface area contributed by atoms with Crippen molar-refractivity contribution in [3.63, 3.8) is 0 Å². The van der Waals surface area contributed by atoms with Crippen LogP contribution in [0.4, 0.5) is 11.4 Å². The molecular formula is C22H24N2O3S. The third-order valence-electron chi connectivity index (χ3n) is 5.30. The highest BCUT2D eigenvalue weighted by Gasteiger charge is 2.20. The van der Waals surface area contributed by atoms with E-state index in [-0.39, 0.29) is 4.90 Å². The monoisotopic (exact) mass is 396 g/mol. The van der Waals surface area contributed by atoms with Crippen molar-refractivity contribution in [2.75, 3.05) is 29.8 Å². The number of methoxy groups -OCH3 is 1. The van der Waals surface area contributed by atoms with Crippen LogP contribution in [-0.4, -0.2) is 34.7 Å². The average Bonchev–Trinajstić information content (AvgIpc) is 2.74. The molecular weight excluding hydrogens is 372 g/mol. The summed E-state index contributed by atoms with van der Waals surface area (Å²) in [5.41, 5.74) is 1.66. The highest BCUT2D eigenvalue weighted by molar-refractivity contribution is 7.93. The van der Waals surface area contributed by atoms with E-state index < -0.39 is 10.0 Å². The smallest absolute Gasteiger partial charge is 0.262 e. The van der Waals surface area contributed by atoms with Gasteiger partial charge >= 0.3 is 0 Å². The minimum absolute atomic E-state index is 0.288. The molecule has 0 atom stereocenters. The summed E-state index contributed by atoms with van der Waals surface area (Å²) in [6.07, 6.45) is 2.35. The largest absolute Gasteiger partial charge is 0.381 e. The Hall–Kier alpha value is -2.57. The second-order valence-electron chi connectivity index (χ2n) is 7.05. The van der Waals surface area contributed by atoms with Crippen molar-refractivity contribution in [3.05, 3.63) is 66.7 Å². The van der Waals surface area contributed by atoms with E-state index in [1.54, 1.807) is 19.2 Å². The minimum atomic E-state index is -3.67. The third kappa shape index (κ3) is 3.84. The van der Waals surface area contributed by atoms with Gasteiger partial charge in [-0.15, -0.1) is 0 Å². The van der Waals surface area contributed by atoms with Crippen molar-refractivity contribution in [2.45, 2.75) is 23.8 Å². The lowest BCUT2D eigenvalue weighted by atomic mass is 10.1. The van der Waals surface area contributed by atoms with Gasteiger partial charge in [0.1, 0.15) is 0 Å². The molecule has 0 radical (unpaired) electrons. The molecule has 0 amide bonds. The van der Waals surface area contributed by atoms with Gasteiger partial charge in [0.2, 0.25) is 0 Å². The van der Waals surface area contributed by atoms with Gasteiger partial charge in [0, 0.05) is 37.0 Å². The maximum absolute atomic E-state index is 12.9. The Morgan fingerprint density at radius 2 is 1.61 bits per heavy atom. The molecule has 1 fully saturated rings. The van der Waals surface area contributed by atoms with Crippen molar-refractivity contribution in [3.8, 4) is 0 Å². The molecule has 0 spiro atoms. The van der Waals surface area contributed by atoms with Gasteiger partial charge < -0.3 is 9.64 Å². The topological polar surface area (TPSA) is 58.6 Å². The lowest BCUT2D eigenvalue weighted by Gasteiger charge is -2.33. The Labute approximate surface area is 166 Å². The number of ether oxygens (including phenoxy) is 1. The van der Waals surface area contributed by atoms with Crippen LogP contribution in [0.1, 0.15) is 12.8 Å². The molecule has 4 rings (SSSR count). The van der Waals surface area contributed by atoms with E-state index in [0.717, 1.165) is 42.4 Å². The molecule has 1 aliphatic rings. The van der Waals surface area contributed by atoms with Crippen LogP contribution in [0, 0.1) is 0 Å². The quantitative estimate of drug-likeness (QED) is 0.700. The fourth-order valence-electron chi connectivity index (χ4n) is 3.73. The summed E-state index contributed by atoms with van der Waals surface area (Å²) >= 11 is 0. The minimum Gasteiger partial charge on any atom is -0.381 e. The second kappa shape index (κ2) is 7.81. The van der Waals surface area contributed by atoms with E-state index in [0.29, 0.717) is 11.8 Å². The zero-order valence-electron chi connectivity index (χ0n) is 15.8. The average molecular weight is 397 g/mol. The molecule has 5 nitrogen and oxygen atoms in total. The van der Waals surface area contributed by atoms with Crippen LogP contribution >= 0.6 is 0 Å². The molecule has 0 unspecified atom stereocenters. The first-order chi connectivity index (χ1) is 13.6. The lowest BCUT2D eigenvalue weighted by Crippen LogP contribution is -2.36. The van der Waals surface area contributed by atoms with Crippen LogP contribution in [-0.2, 0) is 14.8 Å². The van der Waals surface area contributed by atoms with Gasteiger partial charge in [0.15, 0.2) is 0 Å². The van der Waals surface area contributed by atoms with Gasteiger partial charge in [-0.2, -0.15) is 0 Å². The predicted octanol–water partition coefficient (Wildman–Crippen LogP) is 4.26. The molecule has 6 heteroatoms. The van der Waals surface area contributed by atoms with Gasteiger partial charge in [0.05, 0.1) is 11.0 Å². The van der Waals surface area contributed by atoms with Gasteiger partial charge in [-0.3, -0.25) is 4.72 Å². The fourth-order valence-corrected chi connectivity index (χ4v) is 5.02. The summed E-state index contributed by atoms with van der Waals surface area (Å²) in [6, 6.07) is 20.4. The number of hydrogen-bond donors (Lipinski definition) is 1. The van der Waals surface area contributed by atoms with E-state index in [1.807, 2.05) is 54.6 Å². The molecule has 0 aromatic heterocycles. The molecule has 0 aliphatic carbocycles. The Morgan fingerprint density at radius 3 is 2.32 bits per heavy atom. The summed E-state index contributed by atoms with van der Waals surface area (Å²) < 4.78 is 34.0. The van der Waals surface area contributed by atoms with Crippen molar-refractivity contribution in [1.29, 1.82) is 0 Å². The SMILES string of the molecule is COC1CCN(c2ccc(NS(=O)(=O)c3cccc4ccccc34)cc2)CC1. The molecule has 28 heavy (non-hydrogen) atoms. The highest BCUT2D eigenvalue weighted by atomic mass is 32.2. The normalized spacial score (nSPS) is 15.7. The van der Waals surface area contributed by atoms with Crippen molar-refractivity contribution < 1.29 is 13.2 Å². The molecule has 1 N–H and O–H groups in total. The first-order valence-corrected chi connectivity index (χ1v) is 10.9. The molecule has 1 aliphatic heterocycles. The fraction of sp³-hybridized carbons (Fsp3) is 0.273. The molecule has 1 saturated heterocycles. The number of piperidine rings is 1. The standard InChI is InChI=1S/C22H24N2O3S/c1-27-20-13-15-24(16-14-20)19-11-9-18(10-12-19)23-28(25,26)22-8-4-6-17-5-2-3-7-21(17)22/h2-12,20,23H,13-16H2,1H3. The number of anilines is 2. The van der Waals surface area contributed by atoms with Crippen LogP contribution in [0.15, 0.2) is 71.6 Å². The first-order valence-electron chi connectivity index (χ1n) is 9.45.